The number of phenolic OH excluding ortho intramolecular Hbond substituents is 1. The van der Waals surface area contributed by atoms with Crippen LogP contribution in [0.4, 0.5) is 0 Å². The number of aliphatic imine (C=N–C) groups is 2. The Morgan fingerprint density at radius 3 is 1.29 bits per heavy atom. The Kier molecular flexibility index (Phi) is 19.0. The first kappa shape index (κ1) is 49.3. The Labute approximate surface area is 336 Å². The third-order valence-electron chi connectivity index (χ3n) is 10.7. The van der Waals surface area contributed by atoms with Crippen LogP contribution in [0.25, 0.3) is 0 Å². The zero-order chi connectivity index (χ0) is 36.2. The number of rotatable bonds is 4. The smallest absolute Gasteiger partial charge is 0.507 e. The van der Waals surface area contributed by atoms with Crippen molar-refractivity contribution in [2.24, 2.45) is 21.8 Å². The third kappa shape index (κ3) is 13.9. The summed E-state index contributed by atoms with van der Waals surface area (Å²) in [6, 6.07) is 9.80. The summed E-state index contributed by atoms with van der Waals surface area (Å²) in [4.78, 5) is 9.83. The van der Waals surface area contributed by atoms with E-state index in [-0.39, 0.29) is 62.7 Å². The Morgan fingerprint density at radius 1 is 0.569 bits per heavy atom. The molecule has 2 saturated carbocycles. The molecular weight excluding hydrogens is 700 g/mol. The van der Waals surface area contributed by atoms with E-state index in [1.54, 1.807) is 0 Å². The molecule has 4 rings (SSSR count). The number of hydrogen-bond donors (Lipinski definition) is 1. The summed E-state index contributed by atoms with van der Waals surface area (Å²) in [5.41, 5.74) is 8.37. The molecule has 2 aliphatic carbocycles. The van der Waals surface area contributed by atoms with Crippen LogP contribution in [-0.2, 0) is 47.9 Å². The molecule has 4 atom stereocenters. The van der Waals surface area contributed by atoms with Gasteiger partial charge < -0.3 is 25.0 Å². The van der Waals surface area contributed by atoms with Gasteiger partial charge in [-0.3, -0.25) is 4.99 Å². The van der Waals surface area contributed by atoms with Gasteiger partial charge in [-0.2, -0.15) is 12.5 Å². The maximum absolute atomic E-state index is 10.8. The Bertz CT molecular complexity index is 1320. The second-order valence-corrected chi connectivity index (χ2v) is 19.3. The molecule has 2 fully saturated rings. The van der Waals surface area contributed by atoms with Crippen molar-refractivity contribution in [2.45, 2.75) is 182 Å². The molecule has 0 heterocycles. The maximum Gasteiger partial charge on any atom is 3.00 e. The molecule has 285 valence electrons. The summed E-state index contributed by atoms with van der Waals surface area (Å²) >= 11 is 0. The summed E-state index contributed by atoms with van der Waals surface area (Å²) in [6.45, 7) is 35.8. The van der Waals surface area contributed by atoms with Gasteiger partial charge in [-0.25, -0.2) is 0 Å². The molecule has 51 heavy (non-hydrogen) atoms. The largest absolute Gasteiger partial charge is 3.00 e. The molecule has 2 aromatic carbocycles. The van der Waals surface area contributed by atoms with Gasteiger partial charge in [-0.15, -0.1) is 23.3 Å². The van der Waals surface area contributed by atoms with E-state index in [2.05, 4.69) is 134 Å². The van der Waals surface area contributed by atoms with Gasteiger partial charge in [-0.05, 0) is 71.6 Å². The summed E-state index contributed by atoms with van der Waals surface area (Å²) in [5.74, 6) is 1.74. The van der Waals surface area contributed by atoms with E-state index < -0.39 is 0 Å². The average Bonchev–Trinajstić information content (AvgIpc) is 2.95. The van der Waals surface area contributed by atoms with Crippen LogP contribution >= 0.6 is 0 Å². The molecule has 4 unspecified atom stereocenters. The molecule has 0 bridgehead atoms. The van der Waals surface area contributed by atoms with Crippen LogP contribution in [0.3, 0.4) is 0 Å². The Morgan fingerprint density at radius 2 is 0.922 bits per heavy atom. The fourth-order valence-electron chi connectivity index (χ4n) is 7.06. The fraction of sp³-hybridized carbons (Fsp3) is 0.638. The minimum Gasteiger partial charge on any atom is -0.507 e. The van der Waals surface area contributed by atoms with Gasteiger partial charge in [0.2, 0.25) is 0 Å². The predicted molar refractivity (Wildman–Crippen MR) is 225 cm³/mol. The number of nitrogens with zero attached hydrogens (tertiary/aromatic N) is 2. The van der Waals surface area contributed by atoms with Gasteiger partial charge in [0.05, 0.1) is 12.1 Å². The van der Waals surface area contributed by atoms with Gasteiger partial charge in [0.15, 0.2) is 0 Å². The number of aromatic hydroxyl groups is 1. The summed E-state index contributed by atoms with van der Waals surface area (Å²) in [7, 11) is 0. The molecular formula is C47H77N2OZr. The minimum atomic E-state index is -0.0912. The van der Waals surface area contributed by atoms with E-state index in [1.165, 1.54) is 73.6 Å². The molecule has 1 N–H and O–H groups in total. The van der Waals surface area contributed by atoms with Crippen LogP contribution in [-0.4, -0.2) is 29.6 Å². The van der Waals surface area contributed by atoms with Crippen LogP contribution in [0.2, 0.25) is 0 Å². The monoisotopic (exact) mass is 776 g/mol. The fourth-order valence-corrected chi connectivity index (χ4v) is 7.06. The SMILES string of the molecule is CC1CCCCC1N=Cc1cc(C(C)(C)C)cc(C(C)(C)C)c1O.[CH2-]c1c(C=NC2CCCCC2C)cc(C(C)(C)C)cc1C(C)(C)C.[CH3-].[CH3-].[Zr+3]. The number of hydrogen-bond acceptors (Lipinski definition) is 3. The van der Waals surface area contributed by atoms with E-state index in [1.807, 2.05) is 6.21 Å². The van der Waals surface area contributed by atoms with Crippen molar-refractivity contribution in [3.8, 4) is 5.75 Å². The van der Waals surface area contributed by atoms with Gasteiger partial charge in [0.25, 0.3) is 0 Å². The van der Waals surface area contributed by atoms with Gasteiger partial charge in [0, 0.05) is 17.3 Å². The van der Waals surface area contributed by atoms with Crippen LogP contribution in [0.15, 0.2) is 34.3 Å². The maximum atomic E-state index is 10.8. The van der Waals surface area contributed by atoms with Crippen molar-refractivity contribution in [1.82, 2.24) is 0 Å². The van der Waals surface area contributed by atoms with E-state index in [0.29, 0.717) is 29.7 Å². The molecule has 0 saturated heterocycles. The zero-order valence-electron chi connectivity index (χ0n) is 36.0. The molecule has 0 amide bonds. The van der Waals surface area contributed by atoms with Crippen molar-refractivity contribution in [2.75, 3.05) is 0 Å². The van der Waals surface area contributed by atoms with Crippen LogP contribution < -0.4 is 0 Å². The molecule has 0 aromatic heterocycles. The summed E-state index contributed by atoms with van der Waals surface area (Å²) in [6.07, 6.45) is 14.3. The van der Waals surface area contributed by atoms with Gasteiger partial charge in [0.1, 0.15) is 5.75 Å². The molecule has 4 heteroatoms. The molecule has 0 aliphatic heterocycles. The molecule has 1 radical (unpaired) electrons. The molecule has 0 spiro atoms. The van der Waals surface area contributed by atoms with Crippen LogP contribution in [0.5, 0.6) is 5.75 Å². The Balaban J connectivity index is 0.000000926. The van der Waals surface area contributed by atoms with Crippen molar-refractivity contribution in [1.29, 1.82) is 0 Å². The van der Waals surface area contributed by atoms with E-state index >= 15 is 0 Å². The first-order valence-electron chi connectivity index (χ1n) is 19.0. The molecule has 2 aromatic rings. The molecule has 3 nitrogen and oxygen atoms in total. The Hall–Kier alpha value is -1.67. The van der Waals surface area contributed by atoms with Crippen molar-refractivity contribution in [3.63, 3.8) is 0 Å². The number of benzene rings is 2. The van der Waals surface area contributed by atoms with Crippen molar-refractivity contribution < 1.29 is 31.3 Å². The van der Waals surface area contributed by atoms with Gasteiger partial charge >= 0.3 is 26.2 Å². The first-order chi connectivity index (χ1) is 22.0. The van der Waals surface area contributed by atoms with E-state index in [9.17, 15) is 5.11 Å². The normalized spacial score (nSPS) is 21.6. The average molecular weight is 777 g/mol. The van der Waals surface area contributed by atoms with Crippen molar-refractivity contribution in [3.05, 3.63) is 85.0 Å². The summed E-state index contributed by atoms with van der Waals surface area (Å²) < 4.78 is 0. The minimum absolute atomic E-state index is 0. The standard InChI is InChI=1S/C23H36N.C22H35NO.2CH3.Zr/c1-16-11-9-10-12-21(16)24-15-18-13-19(22(3,4)5)14-20(17(18)2)23(6,7)8;1-15-10-8-9-11-19(15)23-14-16-12-17(21(2,3)4)13-18(20(16)24)22(5,6)7;;;/h13-16,21H,2,9-12H2,1,3-8H3;12-15,19,24H,8-11H2,1-7H3;2*1H3;/q-1;;2*-1;+3. The van der Waals surface area contributed by atoms with E-state index in [0.717, 1.165) is 16.7 Å². The van der Waals surface area contributed by atoms with Crippen molar-refractivity contribution >= 4 is 12.4 Å². The summed E-state index contributed by atoms with van der Waals surface area (Å²) in [5, 5.41) is 10.8. The topological polar surface area (TPSA) is 45.0 Å². The predicted octanol–water partition coefficient (Wildman–Crippen LogP) is 13.3. The van der Waals surface area contributed by atoms with Crippen LogP contribution in [0.1, 0.15) is 187 Å². The van der Waals surface area contributed by atoms with Gasteiger partial charge in [-0.1, -0.05) is 140 Å². The number of phenols is 1. The quantitative estimate of drug-likeness (QED) is 0.244. The van der Waals surface area contributed by atoms with E-state index in [4.69, 9.17) is 9.98 Å². The third-order valence-corrected chi connectivity index (χ3v) is 10.7. The van der Waals surface area contributed by atoms with Crippen LogP contribution in [0, 0.1) is 33.6 Å². The molecule has 2 aliphatic rings. The zero-order valence-corrected chi connectivity index (χ0v) is 38.4. The second-order valence-electron chi connectivity index (χ2n) is 19.3. The first-order valence-corrected chi connectivity index (χ1v) is 19.0. The second kappa shape index (κ2) is 19.6.